The monoisotopic (exact) mass is 396 g/mol. The predicted octanol–water partition coefficient (Wildman–Crippen LogP) is 2.91. The minimum atomic E-state index is -0.122. The van der Waals surface area contributed by atoms with E-state index in [0.29, 0.717) is 24.0 Å². The summed E-state index contributed by atoms with van der Waals surface area (Å²) in [4.78, 5) is 13.1. The fourth-order valence-corrected chi connectivity index (χ4v) is 3.38. The first-order chi connectivity index (χ1) is 14.2. The van der Waals surface area contributed by atoms with Crippen molar-refractivity contribution in [1.82, 2.24) is 19.5 Å². The van der Waals surface area contributed by atoms with Crippen LogP contribution in [0.5, 0.6) is 11.5 Å². The Balaban J connectivity index is 1.50. The topological polar surface area (TPSA) is 95.3 Å². The van der Waals surface area contributed by atoms with E-state index in [0.717, 1.165) is 23.7 Å². The van der Waals surface area contributed by atoms with Gasteiger partial charge in [-0.15, -0.1) is 0 Å². The molecule has 4 rings (SSSR count). The van der Waals surface area contributed by atoms with E-state index in [1.165, 1.54) is 6.33 Å². The molecule has 1 saturated heterocycles. The fourth-order valence-electron chi connectivity index (χ4n) is 3.38. The Bertz CT molecular complexity index is 976. The molecule has 0 amide bonds. The van der Waals surface area contributed by atoms with Gasteiger partial charge in [-0.05, 0) is 18.6 Å². The second-order valence-corrected chi connectivity index (χ2v) is 6.71. The number of aryl methyl sites for hydroxylation is 1. The third kappa shape index (κ3) is 4.09. The van der Waals surface area contributed by atoms with Crippen LogP contribution in [0.1, 0.15) is 18.3 Å². The standard InChI is InChI=1S/C20H24N6O3/c1-26-8-7-21-20(26)19-15(6-9-29-19)25-18-11-17(22-12-23-18)24-14-5-4-13(27-2)10-16(14)28-3/h4-5,7-8,10-12,15,19H,6,9H2,1-3H3,(H2,22,23,24,25)/t15-,19-/m0/s1. The highest BCUT2D eigenvalue weighted by Crippen LogP contribution is 2.32. The zero-order valence-corrected chi connectivity index (χ0v) is 16.6. The molecule has 2 N–H and O–H groups in total. The number of nitrogens with one attached hydrogen (secondary N) is 2. The van der Waals surface area contributed by atoms with Crippen molar-refractivity contribution in [2.45, 2.75) is 18.6 Å². The molecule has 1 aliphatic rings. The number of methoxy groups -OCH3 is 2. The molecule has 2 aromatic heterocycles. The van der Waals surface area contributed by atoms with Crippen LogP contribution >= 0.6 is 0 Å². The van der Waals surface area contributed by atoms with Crippen molar-refractivity contribution in [3.63, 3.8) is 0 Å². The molecule has 9 heteroatoms. The molecule has 0 radical (unpaired) electrons. The summed E-state index contributed by atoms with van der Waals surface area (Å²) in [6.45, 7) is 0.675. The van der Waals surface area contributed by atoms with Crippen LogP contribution in [0.4, 0.5) is 17.3 Å². The molecule has 3 aromatic rings. The highest BCUT2D eigenvalue weighted by molar-refractivity contribution is 5.67. The SMILES string of the molecule is COc1ccc(Nc2cc(N[C@H]3CCO[C@@H]3c3nccn3C)ncn2)c(OC)c1. The van der Waals surface area contributed by atoms with Gasteiger partial charge in [0.05, 0.1) is 25.9 Å². The van der Waals surface area contributed by atoms with Crippen molar-refractivity contribution in [3.05, 3.63) is 48.8 Å². The number of benzene rings is 1. The van der Waals surface area contributed by atoms with Crippen molar-refractivity contribution >= 4 is 17.3 Å². The summed E-state index contributed by atoms with van der Waals surface area (Å²) in [5.41, 5.74) is 0.785. The molecule has 0 saturated carbocycles. The van der Waals surface area contributed by atoms with E-state index in [-0.39, 0.29) is 12.1 Å². The van der Waals surface area contributed by atoms with Crippen LogP contribution in [0.25, 0.3) is 0 Å². The van der Waals surface area contributed by atoms with Gasteiger partial charge in [0, 0.05) is 38.2 Å². The summed E-state index contributed by atoms with van der Waals surface area (Å²) in [6.07, 6.45) is 5.97. The first kappa shape index (κ1) is 19.0. The number of rotatable bonds is 7. The maximum Gasteiger partial charge on any atom is 0.146 e. The first-order valence-corrected chi connectivity index (χ1v) is 9.34. The van der Waals surface area contributed by atoms with Crippen LogP contribution < -0.4 is 20.1 Å². The quantitative estimate of drug-likeness (QED) is 0.629. The molecule has 152 valence electrons. The number of imidazole rings is 1. The Morgan fingerprint density at radius 2 is 1.97 bits per heavy atom. The lowest BCUT2D eigenvalue weighted by Gasteiger charge is -2.20. The van der Waals surface area contributed by atoms with Crippen LogP contribution in [0, 0.1) is 0 Å². The Morgan fingerprint density at radius 3 is 2.72 bits per heavy atom. The van der Waals surface area contributed by atoms with Crippen molar-refractivity contribution in [2.75, 3.05) is 31.5 Å². The molecule has 0 aliphatic carbocycles. The Morgan fingerprint density at radius 1 is 1.10 bits per heavy atom. The van der Waals surface area contributed by atoms with Crippen LogP contribution in [0.15, 0.2) is 43.0 Å². The number of anilines is 3. The average Bonchev–Trinajstić information content (AvgIpc) is 3.37. The van der Waals surface area contributed by atoms with Gasteiger partial charge in [-0.25, -0.2) is 15.0 Å². The van der Waals surface area contributed by atoms with Gasteiger partial charge >= 0.3 is 0 Å². The Kier molecular flexibility index (Phi) is 5.48. The lowest BCUT2D eigenvalue weighted by atomic mass is 10.1. The highest BCUT2D eigenvalue weighted by Gasteiger charge is 2.32. The van der Waals surface area contributed by atoms with E-state index in [2.05, 4.69) is 25.6 Å². The normalized spacial score (nSPS) is 18.4. The van der Waals surface area contributed by atoms with Gasteiger partial charge in [-0.3, -0.25) is 0 Å². The van der Waals surface area contributed by atoms with Crippen LogP contribution in [-0.2, 0) is 11.8 Å². The molecule has 3 heterocycles. The highest BCUT2D eigenvalue weighted by atomic mass is 16.5. The summed E-state index contributed by atoms with van der Waals surface area (Å²) >= 11 is 0. The molecule has 0 spiro atoms. The molecular formula is C20H24N6O3. The van der Waals surface area contributed by atoms with Gasteiger partial charge in [-0.2, -0.15) is 0 Å². The Labute approximate surface area is 169 Å². The minimum Gasteiger partial charge on any atom is -0.497 e. The molecule has 0 bridgehead atoms. The molecule has 1 aromatic carbocycles. The third-order valence-electron chi connectivity index (χ3n) is 4.88. The largest absolute Gasteiger partial charge is 0.497 e. The first-order valence-electron chi connectivity index (χ1n) is 9.34. The maximum atomic E-state index is 5.91. The van der Waals surface area contributed by atoms with Gasteiger partial charge in [0.15, 0.2) is 0 Å². The maximum absolute atomic E-state index is 5.91. The van der Waals surface area contributed by atoms with E-state index in [9.17, 15) is 0 Å². The molecular weight excluding hydrogens is 372 g/mol. The summed E-state index contributed by atoms with van der Waals surface area (Å²) in [5.74, 6) is 3.65. The second kappa shape index (κ2) is 8.36. The average molecular weight is 396 g/mol. The number of ether oxygens (including phenoxy) is 3. The summed E-state index contributed by atoms with van der Waals surface area (Å²) in [6, 6.07) is 7.50. The van der Waals surface area contributed by atoms with E-state index < -0.39 is 0 Å². The lowest BCUT2D eigenvalue weighted by Crippen LogP contribution is -2.25. The molecule has 1 aliphatic heterocycles. The molecule has 0 unspecified atom stereocenters. The molecule has 2 atom stereocenters. The molecule has 29 heavy (non-hydrogen) atoms. The summed E-state index contributed by atoms with van der Waals surface area (Å²) in [5, 5.41) is 6.73. The summed E-state index contributed by atoms with van der Waals surface area (Å²) in [7, 11) is 5.20. The smallest absolute Gasteiger partial charge is 0.146 e. The number of hydrogen-bond acceptors (Lipinski definition) is 8. The fraction of sp³-hybridized carbons (Fsp3) is 0.350. The molecule has 9 nitrogen and oxygen atoms in total. The zero-order chi connectivity index (χ0) is 20.2. The van der Waals surface area contributed by atoms with Gasteiger partial charge in [-0.1, -0.05) is 0 Å². The minimum absolute atomic E-state index is 0.0781. The van der Waals surface area contributed by atoms with Crippen molar-refractivity contribution < 1.29 is 14.2 Å². The van der Waals surface area contributed by atoms with Crippen LogP contribution in [0.2, 0.25) is 0 Å². The van der Waals surface area contributed by atoms with E-state index in [1.54, 1.807) is 20.4 Å². The zero-order valence-electron chi connectivity index (χ0n) is 16.6. The van der Waals surface area contributed by atoms with Crippen LogP contribution in [0.3, 0.4) is 0 Å². The van der Waals surface area contributed by atoms with E-state index in [4.69, 9.17) is 14.2 Å². The molecule has 1 fully saturated rings. The number of hydrogen-bond donors (Lipinski definition) is 2. The van der Waals surface area contributed by atoms with Crippen molar-refractivity contribution in [1.29, 1.82) is 0 Å². The third-order valence-corrected chi connectivity index (χ3v) is 4.88. The van der Waals surface area contributed by atoms with Gasteiger partial charge in [0.1, 0.15) is 41.4 Å². The van der Waals surface area contributed by atoms with E-state index in [1.807, 2.05) is 42.1 Å². The number of aromatic nitrogens is 4. The number of nitrogens with zero attached hydrogens (tertiary/aromatic N) is 4. The van der Waals surface area contributed by atoms with Gasteiger partial charge in [0.2, 0.25) is 0 Å². The van der Waals surface area contributed by atoms with Gasteiger partial charge in [0.25, 0.3) is 0 Å². The van der Waals surface area contributed by atoms with Crippen molar-refractivity contribution in [3.8, 4) is 11.5 Å². The van der Waals surface area contributed by atoms with Crippen LogP contribution in [-0.4, -0.2) is 46.4 Å². The Hall–Kier alpha value is -3.33. The second-order valence-electron chi connectivity index (χ2n) is 6.71. The van der Waals surface area contributed by atoms with Gasteiger partial charge < -0.3 is 29.4 Å². The lowest BCUT2D eigenvalue weighted by molar-refractivity contribution is 0.0983. The van der Waals surface area contributed by atoms with E-state index >= 15 is 0 Å². The van der Waals surface area contributed by atoms with Crippen molar-refractivity contribution in [2.24, 2.45) is 7.05 Å². The predicted molar refractivity (Wildman–Crippen MR) is 109 cm³/mol. The summed E-state index contributed by atoms with van der Waals surface area (Å²) < 4.78 is 18.6.